The lowest BCUT2D eigenvalue weighted by atomic mass is 10.2. The van der Waals surface area contributed by atoms with Crippen LogP contribution in [-0.4, -0.2) is 54.3 Å². The van der Waals surface area contributed by atoms with E-state index in [0.717, 1.165) is 0 Å². The van der Waals surface area contributed by atoms with Gasteiger partial charge in [-0.1, -0.05) is 5.11 Å². The summed E-state index contributed by atoms with van der Waals surface area (Å²) in [5.74, 6) is -0.952. The molecule has 0 aromatic rings. The molecule has 1 rings (SSSR count). The van der Waals surface area contributed by atoms with Gasteiger partial charge < -0.3 is 24.4 Å². The first-order valence-corrected chi connectivity index (χ1v) is 5.25. The van der Waals surface area contributed by atoms with Gasteiger partial charge >= 0.3 is 0 Å². The van der Waals surface area contributed by atoms with Crippen molar-refractivity contribution in [3.63, 3.8) is 0 Å². The Balaban J connectivity index is 2.71. The Bertz CT molecular complexity index is 292. The molecule has 0 spiro atoms. The molecule has 1 aliphatic rings. The molecule has 0 aromatic heterocycles. The molecule has 0 bridgehead atoms. The van der Waals surface area contributed by atoms with Gasteiger partial charge in [-0.2, -0.15) is 0 Å². The van der Waals surface area contributed by atoms with E-state index >= 15 is 0 Å². The number of aliphatic hydroxyl groups is 2. The fourth-order valence-corrected chi connectivity index (χ4v) is 1.43. The summed E-state index contributed by atoms with van der Waals surface area (Å²) in [5.41, 5.74) is 8.22. The fraction of sp³-hybridized carbons (Fsp3) is 1.00. The van der Waals surface area contributed by atoms with Gasteiger partial charge in [0.05, 0.1) is 25.9 Å². The normalized spacial score (nSPS) is 33.3. The Labute approximate surface area is 98.7 Å². The van der Waals surface area contributed by atoms with Gasteiger partial charge in [-0.3, -0.25) is 0 Å². The summed E-state index contributed by atoms with van der Waals surface area (Å²) in [7, 11) is 0. The van der Waals surface area contributed by atoms with Crippen molar-refractivity contribution < 1.29 is 24.4 Å². The third-order valence-electron chi connectivity index (χ3n) is 2.23. The van der Waals surface area contributed by atoms with Gasteiger partial charge in [0.15, 0.2) is 12.1 Å². The van der Waals surface area contributed by atoms with Gasteiger partial charge in [-0.15, -0.1) is 0 Å². The standard InChI is InChI=1S/C9H17N3O5/c1-9(2)15-5-6(3-11-12-10)16-8(14)7(4-13)17-9/h6-8,13-14H,3-5H2,1-2H3/t6-,7+,8?/m1/s1. The third kappa shape index (κ3) is 4.47. The summed E-state index contributed by atoms with van der Waals surface area (Å²) in [6.45, 7) is 3.10. The predicted octanol–water partition coefficient (Wildman–Crippen LogP) is 0.144. The predicted molar refractivity (Wildman–Crippen MR) is 56.9 cm³/mol. The van der Waals surface area contributed by atoms with Crippen LogP contribution in [0.2, 0.25) is 0 Å². The summed E-state index contributed by atoms with van der Waals surface area (Å²) in [6, 6.07) is 0. The number of hydrogen-bond donors (Lipinski definition) is 2. The Morgan fingerprint density at radius 1 is 1.53 bits per heavy atom. The van der Waals surface area contributed by atoms with E-state index in [2.05, 4.69) is 10.0 Å². The molecule has 0 aliphatic carbocycles. The van der Waals surface area contributed by atoms with Gasteiger partial charge in [0, 0.05) is 4.91 Å². The van der Waals surface area contributed by atoms with Crippen molar-refractivity contribution >= 4 is 0 Å². The topological polar surface area (TPSA) is 117 Å². The van der Waals surface area contributed by atoms with Crippen LogP contribution >= 0.6 is 0 Å². The molecule has 17 heavy (non-hydrogen) atoms. The molecular weight excluding hydrogens is 230 g/mol. The number of azide groups is 1. The van der Waals surface area contributed by atoms with E-state index in [-0.39, 0.29) is 13.2 Å². The highest BCUT2D eigenvalue weighted by molar-refractivity contribution is 4.72. The Kier molecular flexibility index (Phi) is 5.13. The van der Waals surface area contributed by atoms with Gasteiger partial charge in [-0.25, -0.2) is 0 Å². The minimum Gasteiger partial charge on any atom is -0.393 e. The first-order chi connectivity index (χ1) is 7.98. The Morgan fingerprint density at radius 2 is 2.24 bits per heavy atom. The molecule has 0 radical (unpaired) electrons. The van der Waals surface area contributed by atoms with Crippen molar-refractivity contribution in [2.75, 3.05) is 19.8 Å². The summed E-state index contributed by atoms with van der Waals surface area (Å²) in [4.78, 5) is 2.61. The molecule has 0 saturated carbocycles. The summed E-state index contributed by atoms with van der Waals surface area (Å²) < 4.78 is 15.9. The molecule has 0 amide bonds. The maximum Gasteiger partial charge on any atom is 0.183 e. The highest BCUT2D eigenvalue weighted by Crippen LogP contribution is 2.21. The van der Waals surface area contributed by atoms with Crippen LogP contribution in [0.5, 0.6) is 0 Å². The first kappa shape index (κ1) is 14.2. The average molecular weight is 247 g/mol. The summed E-state index contributed by atoms with van der Waals surface area (Å²) in [5, 5.41) is 22.1. The maximum absolute atomic E-state index is 9.68. The minimum atomic E-state index is -1.29. The van der Waals surface area contributed by atoms with Crippen molar-refractivity contribution in [3.8, 4) is 0 Å². The van der Waals surface area contributed by atoms with Crippen LogP contribution in [0.4, 0.5) is 0 Å². The molecule has 1 saturated heterocycles. The van der Waals surface area contributed by atoms with Gasteiger partial charge in [0.1, 0.15) is 6.10 Å². The second-order valence-electron chi connectivity index (χ2n) is 4.11. The van der Waals surface area contributed by atoms with Crippen molar-refractivity contribution in [2.24, 2.45) is 5.11 Å². The van der Waals surface area contributed by atoms with E-state index in [9.17, 15) is 5.11 Å². The highest BCUT2D eigenvalue weighted by atomic mass is 16.7. The van der Waals surface area contributed by atoms with Crippen LogP contribution in [0.3, 0.4) is 0 Å². The molecule has 2 N–H and O–H groups in total. The second kappa shape index (κ2) is 6.15. The molecular formula is C9H17N3O5. The quantitative estimate of drug-likeness (QED) is 0.418. The SMILES string of the molecule is CC1(C)OC[C@@H](CN=[N+]=[N-])OC(O)[C@H](CO)O1. The van der Waals surface area contributed by atoms with Crippen molar-refractivity contribution in [1.82, 2.24) is 0 Å². The summed E-state index contributed by atoms with van der Waals surface area (Å²) in [6.07, 6.45) is -2.76. The van der Waals surface area contributed by atoms with Gasteiger partial charge in [0.2, 0.25) is 0 Å². The van der Waals surface area contributed by atoms with Crippen LogP contribution in [0, 0.1) is 0 Å². The third-order valence-corrected chi connectivity index (χ3v) is 2.23. The smallest absolute Gasteiger partial charge is 0.183 e. The first-order valence-electron chi connectivity index (χ1n) is 5.25. The van der Waals surface area contributed by atoms with Crippen LogP contribution in [0.25, 0.3) is 10.4 Å². The minimum absolute atomic E-state index is 0.0434. The highest BCUT2D eigenvalue weighted by Gasteiger charge is 2.34. The number of ether oxygens (including phenoxy) is 3. The lowest BCUT2D eigenvalue weighted by Gasteiger charge is -2.37. The van der Waals surface area contributed by atoms with E-state index in [0.29, 0.717) is 0 Å². The fourth-order valence-electron chi connectivity index (χ4n) is 1.43. The van der Waals surface area contributed by atoms with Crippen LogP contribution in [0.1, 0.15) is 13.8 Å². The van der Waals surface area contributed by atoms with Crippen LogP contribution < -0.4 is 0 Å². The summed E-state index contributed by atoms with van der Waals surface area (Å²) >= 11 is 0. The van der Waals surface area contributed by atoms with Crippen molar-refractivity contribution in [3.05, 3.63) is 10.4 Å². The van der Waals surface area contributed by atoms with Crippen LogP contribution in [0.15, 0.2) is 5.11 Å². The molecule has 1 unspecified atom stereocenters. The maximum atomic E-state index is 9.68. The van der Waals surface area contributed by atoms with E-state index in [1.54, 1.807) is 13.8 Å². The molecule has 98 valence electrons. The molecule has 8 nitrogen and oxygen atoms in total. The van der Waals surface area contributed by atoms with E-state index in [4.69, 9.17) is 24.8 Å². The van der Waals surface area contributed by atoms with Crippen molar-refractivity contribution in [1.29, 1.82) is 0 Å². The zero-order valence-corrected chi connectivity index (χ0v) is 9.81. The second-order valence-corrected chi connectivity index (χ2v) is 4.11. The van der Waals surface area contributed by atoms with E-state index in [1.807, 2.05) is 0 Å². The number of rotatable bonds is 3. The average Bonchev–Trinajstić information content (AvgIpc) is 2.28. The molecule has 0 aromatic carbocycles. The number of nitrogens with zero attached hydrogens (tertiary/aromatic N) is 3. The van der Waals surface area contributed by atoms with Gasteiger partial charge in [-0.05, 0) is 19.4 Å². The Hall–Kier alpha value is -0.890. The number of aliphatic hydroxyl groups excluding tert-OH is 2. The van der Waals surface area contributed by atoms with Crippen molar-refractivity contribution in [2.45, 2.75) is 38.1 Å². The monoisotopic (exact) mass is 247 g/mol. The zero-order valence-electron chi connectivity index (χ0n) is 9.81. The molecule has 8 heteroatoms. The largest absolute Gasteiger partial charge is 0.393 e. The number of hydrogen-bond acceptors (Lipinski definition) is 6. The molecule has 1 fully saturated rings. The lowest BCUT2D eigenvalue weighted by Crippen LogP contribution is -2.49. The molecule has 1 heterocycles. The van der Waals surface area contributed by atoms with E-state index < -0.39 is 30.9 Å². The van der Waals surface area contributed by atoms with Crippen LogP contribution in [-0.2, 0) is 14.2 Å². The van der Waals surface area contributed by atoms with E-state index in [1.165, 1.54) is 0 Å². The Morgan fingerprint density at radius 3 is 2.82 bits per heavy atom. The lowest BCUT2D eigenvalue weighted by molar-refractivity contribution is -0.327. The molecule has 1 aliphatic heterocycles. The van der Waals surface area contributed by atoms with Gasteiger partial charge in [0.25, 0.3) is 0 Å². The zero-order chi connectivity index (χ0) is 12.9. The molecule has 3 atom stereocenters.